The maximum atomic E-state index is 12.6. The van der Waals surface area contributed by atoms with Crippen LogP contribution in [0.1, 0.15) is 31.1 Å². The summed E-state index contributed by atoms with van der Waals surface area (Å²) in [7, 11) is 0. The molecule has 1 aliphatic heterocycles. The number of hydrogen-bond acceptors (Lipinski definition) is 6. The van der Waals surface area contributed by atoms with Gasteiger partial charge >= 0.3 is 5.97 Å². The Bertz CT molecular complexity index is 778. The van der Waals surface area contributed by atoms with Crippen LogP contribution >= 0.6 is 22.7 Å². The van der Waals surface area contributed by atoms with Crippen LogP contribution in [-0.2, 0) is 14.3 Å². The fourth-order valence-electron chi connectivity index (χ4n) is 3.40. The van der Waals surface area contributed by atoms with Crippen molar-refractivity contribution in [3.8, 4) is 10.4 Å². The zero-order valence-electron chi connectivity index (χ0n) is 15.7. The maximum absolute atomic E-state index is 12.6. The molecule has 2 aromatic rings. The number of thiophene rings is 2. The van der Waals surface area contributed by atoms with Crippen molar-refractivity contribution in [2.75, 3.05) is 31.6 Å². The van der Waals surface area contributed by atoms with Gasteiger partial charge in [-0.1, -0.05) is 6.07 Å². The molecule has 146 valence electrons. The van der Waals surface area contributed by atoms with Crippen molar-refractivity contribution in [2.45, 2.75) is 33.0 Å². The van der Waals surface area contributed by atoms with E-state index in [0.717, 1.165) is 23.5 Å². The Balaban J connectivity index is 1.76. The van der Waals surface area contributed by atoms with E-state index in [4.69, 9.17) is 9.47 Å². The van der Waals surface area contributed by atoms with Gasteiger partial charge in [0.05, 0.1) is 6.61 Å². The minimum Gasteiger partial charge on any atom is -0.462 e. The first-order chi connectivity index (χ1) is 13.0. The molecule has 27 heavy (non-hydrogen) atoms. The van der Waals surface area contributed by atoms with E-state index < -0.39 is 5.97 Å². The van der Waals surface area contributed by atoms with E-state index in [0.29, 0.717) is 23.7 Å². The van der Waals surface area contributed by atoms with Crippen molar-refractivity contribution in [1.82, 2.24) is 0 Å². The van der Waals surface area contributed by atoms with Crippen molar-refractivity contribution in [3.63, 3.8) is 0 Å². The second-order valence-electron chi connectivity index (χ2n) is 6.69. The second kappa shape index (κ2) is 8.97. The van der Waals surface area contributed by atoms with Crippen LogP contribution in [0.3, 0.4) is 0 Å². The van der Waals surface area contributed by atoms with E-state index in [9.17, 15) is 9.59 Å². The molecular formula is C19H25N2O4S2+. The van der Waals surface area contributed by atoms with Gasteiger partial charge in [-0.3, -0.25) is 4.79 Å². The zero-order chi connectivity index (χ0) is 19.4. The molecule has 2 N–H and O–H groups in total. The monoisotopic (exact) mass is 409 g/mol. The maximum Gasteiger partial charge on any atom is 0.341 e. The van der Waals surface area contributed by atoms with Crippen LogP contribution in [0, 0.1) is 0 Å². The third kappa shape index (κ3) is 4.95. The van der Waals surface area contributed by atoms with E-state index in [1.165, 1.54) is 16.2 Å². The lowest BCUT2D eigenvalue weighted by Gasteiger charge is -2.31. The van der Waals surface area contributed by atoms with Crippen LogP contribution in [-0.4, -0.2) is 50.3 Å². The average molecular weight is 410 g/mol. The molecule has 3 heterocycles. The molecule has 8 heteroatoms. The van der Waals surface area contributed by atoms with Crippen molar-refractivity contribution in [1.29, 1.82) is 0 Å². The summed E-state index contributed by atoms with van der Waals surface area (Å²) in [5.74, 6) is -0.505. The fraction of sp³-hybridized carbons (Fsp3) is 0.474. The Morgan fingerprint density at radius 3 is 2.67 bits per heavy atom. The summed E-state index contributed by atoms with van der Waals surface area (Å²) in [5, 5.41) is 7.35. The third-order valence-electron chi connectivity index (χ3n) is 4.34. The number of esters is 1. The number of hydrogen-bond donors (Lipinski definition) is 2. The van der Waals surface area contributed by atoms with Crippen LogP contribution in [0.2, 0.25) is 0 Å². The minimum atomic E-state index is -0.404. The fourth-order valence-corrected chi connectivity index (χ4v) is 5.19. The molecular weight excluding hydrogens is 384 g/mol. The van der Waals surface area contributed by atoms with Crippen LogP contribution in [0.4, 0.5) is 5.00 Å². The predicted molar refractivity (Wildman–Crippen MR) is 108 cm³/mol. The number of nitrogens with one attached hydrogen (secondary N) is 2. The Morgan fingerprint density at radius 2 is 2.04 bits per heavy atom. The van der Waals surface area contributed by atoms with Gasteiger partial charge in [-0.25, -0.2) is 4.79 Å². The summed E-state index contributed by atoms with van der Waals surface area (Å²) in [6.07, 6.45) is 0.276. The van der Waals surface area contributed by atoms with Crippen LogP contribution in [0.5, 0.6) is 0 Å². The highest BCUT2D eigenvalue weighted by Crippen LogP contribution is 2.38. The summed E-state index contributed by atoms with van der Waals surface area (Å²) < 4.78 is 11.0. The van der Waals surface area contributed by atoms with Gasteiger partial charge < -0.3 is 19.7 Å². The van der Waals surface area contributed by atoms with E-state index in [1.54, 1.807) is 18.3 Å². The molecule has 0 aromatic carbocycles. The molecule has 3 rings (SSSR count). The lowest BCUT2D eigenvalue weighted by Crippen LogP contribution is -3.16. The number of carbonyl (C=O) groups is 2. The van der Waals surface area contributed by atoms with Gasteiger partial charge in [0.25, 0.3) is 5.91 Å². The zero-order valence-corrected chi connectivity index (χ0v) is 17.4. The predicted octanol–water partition coefficient (Wildman–Crippen LogP) is 2.28. The van der Waals surface area contributed by atoms with Gasteiger partial charge in [-0.05, 0) is 32.2 Å². The highest BCUT2D eigenvalue weighted by Gasteiger charge is 2.28. The number of carbonyl (C=O) groups excluding carboxylic acids is 2. The average Bonchev–Trinajstić information content (AvgIpc) is 3.23. The molecule has 1 fully saturated rings. The molecule has 0 bridgehead atoms. The summed E-state index contributed by atoms with van der Waals surface area (Å²) in [6, 6.07) is 3.90. The smallest absolute Gasteiger partial charge is 0.341 e. The number of morpholine rings is 1. The highest BCUT2D eigenvalue weighted by atomic mass is 32.1. The summed E-state index contributed by atoms with van der Waals surface area (Å²) >= 11 is 2.91. The number of rotatable bonds is 6. The standard InChI is InChI=1S/C19H24N2O4S2/c1-4-24-19(23)17-14(15-6-5-7-26-15)11-27-18(17)20-16(22)10-21-8-12(2)25-13(3)9-21/h5-7,11-13H,4,8-10H2,1-3H3,(H,20,22)/p+1/t12-,13+. The lowest BCUT2D eigenvalue weighted by atomic mass is 10.1. The Morgan fingerprint density at radius 1 is 1.30 bits per heavy atom. The molecule has 0 radical (unpaired) electrons. The Kier molecular flexibility index (Phi) is 6.64. The van der Waals surface area contributed by atoms with Crippen molar-refractivity contribution in [2.24, 2.45) is 0 Å². The van der Waals surface area contributed by atoms with Crippen molar-refractivity contribution < 1.29 is 24.0 Å². The Hall–Kier alpha value is -1.74. The summed E-state index contributed by atoms with van der Waals surface area (Å²) in [6.45, 7) is 8.07. The van der Waals surface area contributed by atoms with E-state index >= 15 is 0 Å². The van der Waals surface area contributed by atoms with Gasteiger partial charge in [-0.2, -0.15) is 0 Å². The molecule has 0 saturated carbocycles. The van der Waals surface area contributed by atoms with Gasteiger partial charge in [-0.15, -0.1) is 22.7 Å². The molecule has 1 saturated heterocycles. The largest absolute Gasteiger partial charge is 0.462 e. The molecule has 1 unspecified atom stereocenters. The van der Waals surface area contributed by atoms with E-state index in [2.05, 4.69) is 5.32 Å². The molecule has 1 aliphatic rings. The molecule has 6 nitrogen and oxygen atoms in total. The first kappa shape index (κ1) is 20.0. The quantitative estimate of drug-likeness (QED) is 0.719. The number of ether oxygens (including phenoxy) is 2. The molecule has 2 aromatic heterocycles. The Labute approximate surface area is 167 Å². The molecule has 3 atom stereocenters. The molecule has 1 amide bonds. The van der Waals surface area contributed by atoms with Crippen LogP contribution in [0.25, 0.3) is 10.4 Å². The van der Waals surface area contributed by atoms with E-state index in [1.807, 2.05) is 36.7 Å². The lowest BCUT2D eigenvalue weighted by molar-refractivity contribution is -0.907. The number of anilines is 1. The van der Waals surface area contributed by atoms with Crippen LogP contribution in [0.15, 0.2) is 22.9 Å². The van der Waals surface area contributed by atoms with Gasteiger partial charge in [0.15, 0.2) is 6.54 Å². The second-order valence-corrected chi connectivity index (χ2v) is 8.52. The van der Waals surface area contributed by atoms with Gasteiger partial charge in [0, 0.05) is 15.8 Å². The van der Waals surface area contributed by atoms with Crippen molar-refractivity contribution in [3.05, 3.63) is 28.5 Å². The minimum absolute atomic E-state index is 0.101. The SMILES string of the molecule is CCOC(=O)c1c(-c2cccs2)csc1NC(=O)C[NH+]1C[C@@H](C)O[C@@H](C)C1. The normalized spacial score (nSPS) is 22.4. The van der Waals surface area contributed by atoms with Gasteiger partial charge in [0.2, 0.25) is 0 Å². The molecule has 0 spiro atoms. The summed E-state index contributed by atoms with van der Waals surface area (Å²) in [4.78, 5) is 27.3. The third-order valence-corrected chi connectivity index (χ3v) is 6.14. The van der Waals surface area contributed by atoms with E-state index in [-0.39, 0.29) is 18.1 Å². The number of amides is 1. The van der Waals surface area contributed by atoms with Crippen LogP contribution < -0.4 is 10.2 Å². The molecule has 0 aliphatic carbocycles. The highest BCUT2D eigenvalue weighted by molar-refractivity contribution is 7.17. The summed E-state index contributed by atoms with van der Waals surface area (Å²) in [5.41, 5.74) is 1.25. The topological polar surface area (TPSA) is 69.1 Å². The first-order valence-electron chi connectivity index (χ1n) is 9.09. The number of quaternary nitrogens is 1. The van der Waals surface area contributed by atoms with Crippen molar-refractivity contribution >= 4 is 39.6 Å². The van der Waals surface area contributed by atoms with Gasteiger partial charge in [0.1, 0.15) is 35.9 Å². The first-order valence-corrected chi connectivity index (χ1v) is 10.8.